The van der Waals surface area contributed by atoms with Gasteiger partial charge in [-0.2, -0.15) is 5.10 Å². The van der Waals surface area contributed by atoms with Crippen molar-refractivity contribution in [1.29, 1.82) is 0 Å². The number of hydrogen-bond donors (Lipinski definition) is 2. The highest BCUT2D eigenvalue weighted by Crippen LogP contribution is 2.31. The van der Waals surface area contributed by atoms with Crippen LogP contribution in [0.4, 0.5) is 0 Å². The molecule has 1 aliphatic rings. The summed E-state index contributed by atoms with van der Waals surface area (Å²) in [4.78, 5) is 32.2. The molecule has 180 valence electrons. The lowest BCUT2D eigenvalue weighted by atomic mass is 10.1. The van der Waals surface area contributed by atoms with E-state index in [-0.39, 0.29) is 5.91 Å². The minimum Gasteiger partial charge on any atom is -0.457 e. The van der Waals surface area contributed by atoms with Gasteiger partial charge in [0.2, 0.25) is 5.91 Å². The number of para-hydroxylation sites is 1. The molecule has 9 heteroatoms. The monoisotopic (exact) mass is 472 g/mol. The maximum atomic E-state index is 12.6. The number of aromatic nitrogens is 3. The normalized spacial score (nSPS) is 13.3. The number of nitrogens with zero attached hydrogens (tertiary/aromatic N) is 4. The summed E-state index contributed by atoms with van der Waals surface area (Å²) >= 11 is 0. The van der Waals surface area contributed by atoms with Crippen molar-refractivity contribution in [3.8, 4) is 22.8 Å². The summed E-state index contributed by atoms with van der Waals surface area (Å²) in [5.41, 5.74) is 9.82. The third-order valence-corrected chi connectivity index (χ3v) is 6.20. The number of imidazole rings is 1. The molecule has 1 aliphatic heterocycles. The van der Waals surface area contributed by atoms with Crippen molar-refractivity contribution in [2.75, 3.05) is 27.2 Å². The standard InChI is InChI=1S/C26H28N6O3/c1-30(2)14-13-22(33)31-15-12-21-20(16-31)28-26-23(25(27)34)24(29-32(21)26)17-8-10-19(11-9-17)35-18-6-4-3-5-7-18/h3-11,28H,12-16H2,1-2H3,(H2,27,34). The van der Waals surface area contributed by atoms with Crippen LogP contribution in [0.5, 0.6) is 11.5 Å². The van der Waals surface area contributed by atoms with Gasteiger partial charge in [0.05, 0.1) is 17.9 Å². The van der Waals surface area contributed by atoms with Crippen LogP contribution in [-0.4, -0.2) is 63.4 Å². The first kappa shape index (κ1) is 22.7. The molecule has 2 aromatic heterocycles. The predicted octanol–water partition coefficient (Wildman–Crippen LogP) is 3.06. The molecule has 0 aliphatic carbocycles. The second-order valence-electron chi connectivity index (χ2n) is 8.96. The van der Waals surface area contributed by atoms with Crippen molar-refractivity contribution in [2.45, 2.75) is 19.4 Å². The zero-order valence-electron chi connectivity index (χ0n) is 19.8. The maximum Gasteiger partial charge on any atom is 0.254 e. The van der Waals surface area contributed by atoms with Gasteiger partial charge < -0.3 is 25.3 Å². The van der Waals surface area contributed by atoms with Gasteiger partial charge in [0.25, 0.3) is 5.91 Å². The van der Waals surface area contributed by atoms with Gasteiger partial charge in [-0.25, -0.2) is 4.52 Å². The minimum atomic E-state index is -0.558. The van der Waals surface area contributed by atoms with Crippen LogP contribution >= 0.6 is 0 Å². The number of aromatic amines is 1. The van der Waals surface area contributed by atoms with Gasteiger partial charge in [-0.05, 0) is 50.5 Å². The summed E-state index contributed by atoms with van der Waals surface area (Å²) in [5.74, 6) is 0.985. The number of benzene rings is 2. The van der Waals surface area contributed by atoms with Gasteiger partial charge in [0.15, 0.2) is 0 Å². The quantitative estimate of drug-likeness (QED) is 0.430. The predicted molar refractivity (Wildman–Crippen MR) is 132 cm³/mol. The second-order valence-corrected chi connectivity index (χ2v) is 8.96. The Labute approximate surface area is 203 Å². The molecular formula is C26H28N6O3. The van der Waals surface area contributed by atoms with Crippen molar-refractivity contribution in [1.82, 2.24) is 24.4 Å². The van der Waals surface area contributed by atoms with E-state index in [1.165, 1.54) is 0 Å². The number of H-pyrrole nitrogens is 1. The van der Waals surface area contributed by atoms with E-state index in [0.29, 0.717) is 55.1 Å². The summed E-state index contributed by atoms with van der Waals surface area (Å²) in [6.45, 7) is 1.78. The van der Waals surface area contributed by atoms with Crippen molar-refractivity contribution in [3.63, 3.8) is 0 Å². The Kier molecular flexibility index (Phi) is 6.00. The van der Waals surface area contributed by atoms with Crippen molar-refractivity contribution in [3.05, 3.63) is 71.5 Å². The summed E-state index contributed by atoms with van der Waals surface area (Å²) in [6, 6.07) is 16.9. The molecule has 4 aromatic rings. The van der Waals surface area contributed by atoms with Gasteiger partial charge in [-0.1, -0.05) is 18.2 Å². The summed E-state index contributed by atoms with van der Waals surface area (Å²) in [7, 11) is 3.91. The third-order valence-electron chi connectivity index (χ3n) is 6.20. The van der Waals surface area contributed by atoms with Crippen LogP contribution in [0.2, 0.25) is 0 Å². The number of nitrogens with one attached hydrogen (secondary N) is 1. The zero-order valence-corrected chi connectivity index (χ0v) is 19.8. The van der Waals surface area contributed by atoms with Gasteiger partial charge >= 0.3 is 0 Å². The fourth-order valence-electron chi connectivity index (χ4n) is 4.40. The van der Waals surface area contributed by atoms with Crippen molar-refractivity contribution < 1.29 is 14.3 Å². The van der Waals surface area contributed by atoms with Crippen molar-refractivity contribution in [2.24, 2.45) is 5.73 Å². The highest BCUT2D eigenvalue weighted by Gasteiger charge is 2.29. The van der Waals surface area contributed by atoms with Crippen LogP contribution in [0.15, 0.2) is 54.6 Å². The number of ether oxygens (including phenoxy) is 1. The average Bonchev–Trinajstić information content (AvgIpc) is 3.39. The first-order valence-corrected chi connectivity index (χ1v) is 11.6. The summed E-state index contributed by atoms with van der Waals surface area (Å²) in [5, 5.41) is 4.75. The number of primary amides is 1. The molecule has 9 nitrogen and oxygen atoms in total. The van der Waals surface area contributed by atoms with Crippen LogP contribution in [0.25, 0.3) is 16.9 Å². The topological polar surface area (TPSA) is 109 Å². The summed E-state index contributed by atoms with van der Waals surface area (Å²) in [6.07, 6.45) is 1.12. The Morgan fingerprint density at radius 2 is 1.80 bits per heavy atom. The molecule has 0 bridgehead atoms. The lowest BCUT2D eigenvalue weighted by Gasteiger charge is -2.27. The van der Waals surface area contributed by atoms with Crippen LogP contribution in [0, 0.1) is 0 Å². The van der Waals surface area contributed by atoms with E-state index in [2.05, 4.69) is 4.98 Å². The molecule has 0 fully saturated rings. The zero-order chi connectivity index (χ0) is 24.5. The van der Waals surface area contributed by atoms with Crippen molar-refractivity contribution >= 4 is 17.5 Å². The van der Waals surface area contributed by atoms with Gasteiger partial charge in [0, 0.05) is 31.5 Å². The Morgan fingerprint density at radius 3 is 2.49 bits per heavy atom. The van der Waals surface area contributed by atoms with Crippen LogP contribution in [0.1, 0.15) is 28.2 Å². The number of amides is 2. The minimum absolute atomic E-state index is 0.116. The fraction of sp³-hybridized carbons (Fsp3) is 0.269. The lowest BCUT2D eigenvalue weighted by Crippen LogP contribution is -2.37. The Morgan fingerprint density at radius 1 is 1.09 bits per heavy atom. The highest BCUT2D eigenvalue weighted by molar-refractivity contribution is 6.04. The molecule has 0 saturated carbocycles. The number of nitrogens with two attached hydrogens (primary N) is 1. The fourth-order valence-corrected chi connectivity index (χ4v) is 4.40. The van der Waals surface area contributed by atoms with Gasteiger partial charge in [0.1, 0.15) is 28.4 Å². The number of hydrogen-bond acceptors (Lipinski definition) is 5. The van der Waals surface area contributed by atoms with E-state index in [1.54, 1.807) is 4.52 Å². The average molecular weight is 473 g/mol. The second kappa shape index (κ2) is 9.27. The smallest absolute Gasteiger partial charge is 0.254 e. The largest absolute Gasteiger partial charge is 0.457 e. The molecular weight excluding hydrogens is 444 g/mol. The molecule has 0 atom stereocenters. The van der Waals surface area contributed by atoms with E-state index >= 15 is 0 Å². The lowest BCUT2D eigenvalue weighted by molar-refractivity contribution is -0.132. The maximum absolute atomic E-state index is 12.6. The summed E-state index contributed by atoms with van der Waals surface area (Å²) < 4.78 is 7.63. The molecule has 2 aromatic carbocycles. The molecule has 5 rings (SSSR count). The number of carbonyl (C=O) groups is 2. The Bertz CT molecular complexity index is 1370. The van der Waals surface area contributed by atoms with Gasteiger partial charge in [-0.15, -0.1) is 0 Å². The highest BCUT2D eigenvalue weighted by atomic mass is 16.5. The molecule has 0 radical (unpaired) electrons. The third kappa shape index (κ3) is 4.50. The molecule has 0 spiro atoms. The van der Waals surface area contributed by atoms with Crippen LogP contribution in [0.3, 0.4) is 0 Å². The molecule has 3 heterocycles. The molecule has 35 heavy (non-hydrogen) atoms. The number of carbonyl (C=O) groups excluding carboxylic acids is 2. The number of fused-ring (bicyclic) bond motifs is 3. The van der Waals surface area contributed by atoms with E-state index < -0.39 is 5.91 Å². The number of rotatable bonds is 7. The van der Waals surface area contributed by atoms with E-state index in [1.807, 2.05) is 78.5 Å². The van der Waals surface area contributed by atoms with Gasteiger partial charge in [-0.3, -0.25) is 9.59 Å². The van der Waals surface area contributed by atoms with E-state index in [9.17, 15) is 9.59 Å². The molecule has 3 N–H and O–H groups in total. The van der Waals surface area contributed by atoms with E-state index in [0.717, 1.165) is 22.7 Å². The Balaban J connectivity index is 1.42. The van der Waals surface area contributed by atoms with Crippen LogP contribution < -0.4 is 10.5 Å². The first-order valence-electron chi connectivity index (χ1n) is 11.6. The van der Waals surface area contributed by atoms with E-state index in [4.69, 9.17) is 15.6 Å². The Hall–Kier alpha value is -4.11. The first-order chi connectivity index (χ1) is 16.9. The molecule has 0 unspecified atom stereocenters. The van der Waals surface area contributed by atoms with Crippen LogP contribution in [-0.2, 0) is 17.8 Å². The molecule has 0 saturated heterocycles. The SMILES string of the molecule is CN(C)CCC(=O)N1CCc2c([nH]c3c(C(N)=O)c(-c4ccc(Oc5ccccc5)cc4)nn23)C1. The molecule has 2 amide bonds.